The average molecular weight is 360 g/mol. The number of aryl methyl sites for hydroxylation is 1. The maximum Gasteiger partial charge on any atom is 0.240 e. The monoisotopic (exact) mass is 360 g/mol. The maximum absolute atomic E-state index is 13.0. The van der Waals surface area contributed by atoms with E-state index in [1.807, 2.05) is 54.2 Å². The standard InChI is InChI=1S/C22H24N4O/c1-16-14-18-10-6-7-11-19(18)26(16)15-20(27)24-21(17-8-4-3-5-9-17)22-23-12-13-25(22)2/h3-13,16,21H,14-15H2,1-2H3,(H,24,27)/t16-,21-/m1/s1. The summed E-state index contributed by atoms with van der Waals surface area (Å²) in [6, 6.07) is 18.4. The molecule has 1 amide bonds. The first-order chi connectivity index (χ1) is 13.1. The van der Waals surface area contributed by atoms with Gasteiger partial charge in [-0.3, -0.25) is 4.79 Å². The van der Waals surface area contributed by atoms with Gasteiger partial charge in [-0.1, -0.05) is 48.5 Å². The van der Waals surface area contributed by atoms with Gasteiger partial charge in [0.2, 0.25) is 5.91 Å². The van der Waals surface area contributed by atoms with Gasteiger partial charge >= 0.3 is 0 Å². The molecule has 0 spiro atoms. The van der Waals surface area contributed by atoms with Crippen molar-refractivity contribution >= 4 is 11.6 Å². The van der Waals surface area contributed by atoms with Crippen molar-refractivity contribution < 1.29 is 4.79 Å². The molecular weight excluding hydrogens is 336 g/mol. The Morgan fingerprint density at radius 1 is 1.19 bits per heavy atom. The third kappa shape index (κ3) is 3.45. The Morgan fingerprint density at radius 3 is 2.67 bits per heavy atom. The number of rotatable bonds is 5. The molecule has 2 aromatic carbocycles. The van der Waals surface area contributed by atoms with Crippen LogP contribution in [0.1, 0.15) is 29.9 Å². The highest BCUT2D eigenvalue weighted by molar-refractivity contribution is 5.83. The summed E-state index contributed by atoms with van der Waals surface area (Å²) in [7, 11) is 1.95. The molecule has 2 heterocycles. The second-order valence-corrected chi connectivity index (χ2v) is 7.12. The average Bonchev–Trinajstić information content (AvgIpc) is 3.24. The molecule has 5 nitrogen and oxygen atoms in total. The van der Waals surface area contributed by atoms with Gasteiger partial charge in [0.1, 0.15) is 11.9 Å². The quantitative estimate of drug-likeness (QED) is 0.761. The molecule has 0 radical (unpaired) electrons. The number of fused-ring (bicyclic) bond motifs is 1. The summed E-state index contributed by atoms with van der Waals surface area (Å²) < 4.78 is 1.95. The Hall–Kier alpha value is -3.08. The third-order valence-corrected chi connectivity index (χ3v) is 5.22. The first-order valence-corrected chi connectivity index (χ1v) is 9.29. The van der Waals surface area contributed by atoms with Gasteiger partial charge < -0.3 is 14.8 Å². The van der Waals surface area contributed by atoms with E-state index < -0.39 is 0 Å². The first-order valence-electron chi connectivity index (χ1n) is 9.29. The lowest BCUT2D eigenvalue weighted by Crippen LogP contribution is -2.42. The van der Waals surface area contributed by atoms with Crippen LogP contribution in [0.4, 0.5) is 5.69 Å². The minimum Gasteiger partial charge on any atom is -0.359 e. The molecule has 1 aliphatic heterocycles. The number of hydrogen-bond acceptors (Lipinski definition) is 3. The summed E-state index contributed by atoms with van der Waals surface area (Å²) in [4.78, 5) is 19.6. The molecule has 0 fully saturated rings. The van der Waals surface area contributed by atoms with Gasteiger partial charge in [-0.05, 0) is 30.5 Å². The van der Waals surface area contributed by atoms with Crippen LogP contribution in [0, 0.1) is 0 Å². The lowest BCUT2D eigenvalue weighted by molar-refractivity contribution is -0.120. The summed E-state index contributed by atoms with van der Waals surface area (Å²) in [5.74, 6) is 0.819. The molecule has 0 unspecified atom stereocenters. The third-order valence-electron chi connectivity index (χ3n) is 5.22. The van der Waals surface area contributed by atoms with Gasteiger partial charge in [-0.2, -0.15) is 0 Å². The molecule has 3 aromatic rings. The molecule has 1 N–H and O–H groups in total. The summed E-state index contributed by atoms with van der Waals surface area (Å²) in [5.41, 5.74) is 3.49. The molecule has 0 saturated carbocycles. The highest BCUT2D eigenvalue weighted by Gasteiger charge is 2.28. The van der Waals surface area contributed by atoms with Crippen LogP contribution in [0.3, 0.4) is 0 Å². The Balaban J connectivity index is 1.55. The number of amides is 1. The molecule has 0 saturated heterocycles. The van der Waals surface area contributed by atoms with Gasteiger partial charge in [0.05, 0.1) is 6.54 Å². The fourth-order valence-corrected chi connectivity index (χ4v) is 3.83. The van der Waals surface area contributed by atoms with Crippen molar-refractivity contribution in [3.8, 4) is 0 Å². The zero-order valence-electron chi connectivity index (χ0n) is 15.7. The smallest absolute Gasteiger partial charge is 0.240 e. The van der Waals surface area contributed by atoms with Crippen molar-refractivity contribution in [1.82, 2.24) is 14.9 Å². The number of nitrogens with one attached hydrogen (secondary N) is 1. The van der Waals surface area contributed by atoms with Crippen molar-refractivity contribution in [3.63, 3.8) is 0 Å². The van der Waals surface area contributed by atoms with E-state index in [0.29, 0.717) is 12.6 Å². The van der Waals surface area contributed by atoms with E-state index in [0.717, 1.165) is 23.5 Å². The van der Waals surface area contributed by atoms with Crippen LogP contribution in [0.5, 0.6) is 0 Å². The Kier molecular flexibility index (Phi) is 4.67. The maximum atomic E-state index is 13.0. The topological polar surface area (TPSA) is 50.2 Å². The second kappa shape index (κ2) is 7.27. The van der Waals surface area contributed by atoms with E-state index >= 15 is 0 Å². The number of carbonyl (C=O) groups excluding carboxylic acids is 1. The van der Waals surface area contributed by atoms with E-state index in [1.165, 1.54) is 5.56 Å². The Morgan fingerprint density at radius 2 is 1.93 bits per heavy atom. The lowest BCUT2D eigenvalue weighted by Gasteiger charge is -2.26. The van der Waals surface area contributed by atoms with Gasteiger partial charge in [-0.15, -0.1) is 0 Å². The number of carbonyl (C=O) groups is 1. The van der Waals surface area contributed by atoms with Gasteiger partial charge in [0.15, 0.2) is 0 Å². The highest BCUT2D eigenvalue weighted by atomic mass is 16.2. The zero-order chi connectivity index (χ0) is 18.8. The fraction of sp³-hybridized carbons (Fsp3) is 0.273. The number of benzene rings is 2. The number of aromatic nitrogens is 2. The molecule has 1 aromatic heterocycles. The Bertz CT molecular complexity index is 934. The van der Waals surface area contributed by atoms with Crippen LogP contribution in [0.25, 0.3) is 0 Å². The number of anilines is 1. The van der Waals surface area contributed by atoms with Crippen molar-refractivity contribution in [3.05, 3.63) is 83.9 Å². The largest absolute Gasteiger partial charge is 0.359 e. The Labute approximate surface area is 159 Å². The molecule has 4 rings (SSSR count). The van der Waals surface area contributed by atoms with Crippen molar-refractivity contribution in [2.24, 2.45) is 7.05 Å². The van der Waals surface area contributed by atoms with Crippen LogP contribution in [0.15, 0.2) is 67.0 Å². The predicted molar refractivity (Wildman–Crippen MR) is 107 cm³/mol. The van der Waals surface area contributed by atoms with Crippen LogP contribution in [-0.4, -0.2) is 28.0 Å². The predicted octanol–water partition coefficient (Wildman–Crippen LogP) is 3.08. The number of nitrogens with zero attached hydrogens (tertiary/aromatic N) is 3. The SMILES string of the molecule is C[C@@H]1Cc2ccccc2N1CC(=O)N[C@H](c1ccccc1)c1nccn1C. The van der Waals surface area contributed by atoms with Crippen LogP contribution < -0.4 is 10.2 Å². The van der Waals surface area contributed by atoms with Gasteiger partial charge in [0, 0.05) is 31.2 Å². The van der Waals surface area contributed by atoms with E-state index in [4.69, 9.17) is 0 Å². The summed E-state index contributed by atoms with van der Waals surface area (Å²) in [5, 5.41) is 3.19. The fourth-order valence-electron chi connectivity index (χ4n) is 3.83. The molecule has 2 atom stereocenters. The van der Waals surface area contributed by atoms with Crippen LogP contribution in [-0.2, 0) is 18.3 Å². The minimum absolute atomic E-state index is 0.00425. The molecule has 0 bridgehead atoms. The minimum atomic E-state index is -0.271. The van der Waals surface area contributed by atoms with Gasteiger partial charge in [-0.25, -0.2) is 4.98 Å². The normalized spacial score (nSPS) is 16.8. The van der Waals surface area contributed by atoms with Crippen LogP contribution in [0.2, 0.25) is 0 Å². The van der Waals surface area contributed by atoms with E-state index in [9.17, 15) is 4.79 Å². The lowest BCUT2D eigenvalue weighted by atomic mass is 10.1. The summed E-state index contributed by atoms with van der Waals surface area (Å²) in [6.45, 7) is 2.51. The van der Waals surface area contributed by atoms with Crippen molar-refractivity contribution in [2.45, 2.75) is 25.4 Å². The number of imidazole rings is 1. The number of hydrogen-bond donors (Lipinski definition) is 1. The van der Waals surface area contributed by atoms with E-state index in [-0.39, 0.29) is 11.9 Å². The highest BCUT2D eigenvalue weighted by Crippen LogP contribution is 2.31. The molecular formula is C22H24N4O. The van der Waals surface area contributed by atoms with E-state index in [1.54, 1.807) is 6.20 Å². The first kappa shape index (κ1) is 17.3. The summed E-state index contributed by atoms with van der Waals surface area (Å²) in [6.07, 6.45) is 4.64. The molecule has 138 valence electrons. The molecule has 0 aliphatic carbocycles. The van der Waals surface area contributed by atoms with Gasteiger partial charge in [0.25, 0.3) is 0 Å². The van der Waals surface area contributed by atoms with Crippen LogP contribution >= 0.6 is 0 Å². The second-order valence-electron chi connectivity index (χ2n) is 7.12. The molecule has 1 aliphatic rings. The van der Waals surface area contributed by atoms with E-state index in [2.05, 4.69) is 40.3 Å². The van der Waals surface area contributed by atoms with Crippen molar-refractivity contribution in [1.29, 1.82) is 0 Å². The number of para-hydroxylation sites is 1. The zero-order valence-corrected chi connectivity index (χ0v) is 15.7. The molecule has 27 heavy (non-hydrogen) atoms. The van der Waals surface area contributed by atoms with Crippen molar-refractivity contribution in [2.75, 3.05) is 11.4 Å². The summed E-state index contributed by atoms with van der Waals surface area (Å²) >= 11 is 0. The molecule has 5 heteroatoms.